The Kier molecular flexibility index (Phi) is 12.5. The molecular formula is C21H36IN5O3. The van der Waals surface area contributed by atoms with Crippen molar-refractivity contribution in [3.8, 4) is 5.75 Å². The van der Waals surface area contributed by atoms with Gasteiger partial charge < -0.3 is 29.9 Å². The number of amides is 1. The summed E-state index contributed by atoms with van der Waals surface area (Å²) in [6.45, 7) is 5.83. The van der Waals surface area contributed by atoms with Gasteiger partial charge in [0.1, 0.15) is 12.4 Å². The Morgan fingerprint density at radius 1 is 1.30 bits per heavy atom. The number of hydrogen-bond acceptors (Lipinski definition) is 5. The van der Waals surface area contributed by atoms with E-state index in [1.807, 2.05) is 39.2 Å². The summed E-state index contributed by atoms with van der Waals surface area (Å²) in [5.41, 5.74) is 1.13. The number of rotatable bonds is 8. The van der Waals surface area contributed by atoms with E-state index in [-0.39, 0.29) is 36.1 Å². The predicted molar refractivity (Wildman–Crippen MR) is 131 cm³/mol. The fraction of sp³-hybridized carbons (Fsp3) is 0.619. The van der Waals surface area contributed by atoms with Gasteiger partial charge in [-0.1, -0.05) is 12.1 Å². The molecule has 1 heterocycles. The average molecular weight is 533 g/mol. The zero-order valence-corrected chi connectivity index (χ0v) is 20.8. The molecule has 1 saturated heterocycles. The van der Waals surface area contributed by atoms with Crippen LogP contribution in [0.1, 0.15) is 25.3 Å². The number of guanidine groups is 1. The summed E-state index contributed by atoms with van der Waals surface area (Å²) in [5, 5.41) is 6.81. The average Bonchev–Trinajstić information content (AvgIpc) is 2.72. The maximum atomic E-state index is 11.8. The van der Waals surface area contributed by atoms with Gasteiger partial charge in [-0.05, 0) is 51.6 Å². The monoisotopic (exact) mass is 533 g/mol. The Morgan fingerprint density at radius 3 is 2.67 bits per heavy atom. The highest BCUT2D eigenvalue weighted by Crippen LogP contribution is 2.14. The van der Waals surface area contributed by atoms with E-state index in [9.17, 15) is 4.79 Å². The number of likely N-dealkylation sites (tertiary alicyclic amines) is 1. The van der Waals surface area contributed by atoms with Crippen LogP contribution in [0.2, 0.25) is 0 Å². The van der Waals surface area contributed by atoms with E-state index in [2.05, 4.69) is 26.6 Å². The molecule has 1 amide bonds. The first kappa shape index (κ1) is 26.3. The summed E-state index contributed by atoms with van der Waals surface area (Å²) in [5.74, 6) is 1.64. The Morgan fingerprint density at radius 2 is 2.03 bits per heavy atom. The number of ether oxygens (including phenoxy) is 2. The molecule has 1 aliphatic heterocycles. The Labute approximate surface area is 197 Å². The smallest absolute Gasteiger partial charge is 0.409 e. The van der Waals surface area contributed by atoms with Gasteiger partial charge in [0.15, 0.2) is 5.96 Å². The van der Waals surface area contributed by atoms with Gasteiger partial charge in [-0.25, -0.2) is 4.79 Å². The van der Waals surface area contributed by atoms with Crippen molar-refractivity contribution in [3.63, 3.8) is 0 Å². The van der Waals surface area contributed by atoms with E-state index < -0.39 is 0 Å². The first-order chi connectivity index (χ1) is 14.0. The molecule has 0 saturated carbocycles. The third-order valence-electron chi connectivity index (χ3n) is 4.75. The third kappa shape index (κ3) is 9.38. The maximum absolute atomic E-state index is 11.8. The van der Waals surface area contributed by atoms with Gasteiger partial charge in [0.25, 0.3) is 0 Å². The largest absolute Gasteiger partial charge is 0.492 e. The lowest BCUT2D eigenvalue weighted by molar-refractivity contribution is 0.0963. The van der Waals surface area contributed by atoms with Crippen molar-refractivity contribution in [2.45, 2.75) is 32.4 Å². The molecule has 30 heavy (non-hydrogen) atoms. The number of carbonyl (C=O) groups excluding carboxylic acids is 1. The van der Waals surface area contributed by atoms with Crippen LogP contribution in [0.5, 0.6) is 5.75 Å². The first-order valence-electron chi connectivity index (χ1n) is 10.3. The number of piperidine rings is 1. The SMILES string of the molecule is CCOC(=O)N1CCC(NC(=NC)NCc2cccc(OCCN(C)C)c2)CC1.I. The van der Waals surface area contributed by atoms with Gasteiger partial charge in [0, 0.05) is 39.3 Å². The summed E-state index contributed by atoms with van der Waals surface area (Å²) < 4.78 is 10.9. The molecule has 0 radical (unpaired) electrons. The van der Waals surface area contributed by atoms with Gasteiger partial charge in [0.2, 0.25) is 0 Å². The van der Waals surface area contributed by atoms with Gasteiger partial charge >= 0.3 is 6.09 Å². The van der Waals surface area contributed by atoms with Crippen LogP contribution < -0.4 is 15.4 Å². The highest BCUT2D eigenvalue weighted by Gasteiger charge is 2.24. The van der Waals surface area contributed by atoms with Crippen molar-refractivity contribution in [2.24, 2.45) is 4.99 Å². The Hall–Kier alpha value is -1.75. The van der Waals surface area contributed by atoms with Crippen LogP contribution in [0.4, 0.5) is 4.79 Å². The van der Waals surface area contributed by atoms with Crippen molar-refractivity contribution in [1.82, 2.24) is 20.4 Å². The minimum atomic E-state index is -0.221. The van der Waals surface area contributed by atoms with E-state index in [0.717, 1.165) is 36.7 Å². The standard InChI is InChI=1S/C21H35N5O3.HI/c1-5-28-21(27)26-11-9-18(10-12-26)24-20(22-2)23-16-17-7-6-8-19(15-17)29-14-13-25(3)4;/h6-8,15,18H,5,9-14,16H2,1-4H3,(H2,22,23,24);1H. The normalized spacial score (nSPS) is 14.8. The summed E-state index contributed by atoms with van der Waals surface area (Å²) in [6, 6.07) is 8.38. The number of carbonyl (C=O) groups is 1. The summed E-state index contributed by atoms with van der Waals surface area (Å²) in [7, 11) is 5.83. The number of hydrogen-bond donors (Lipinski definition) is 2. The minimum Gasteiger partial charge on any atom is -0.492 e. The lowest BCUT2D eigenvalue weighted by atomic mass is 10.1. The van der Waals surface area contributed by atoms with Crippen molar-refractivity contribution in [2.75, 3.05) is 54.0 Å². The van der Waals surface area contributed by atoms with E-state index >= 15 is 0 Å². The highest BCUT2D eigenvalue weighted by atomic mass is 127. The molecule has 1 fully saturated rings. The minimum absolute atomic E-state index is 0. The fourth-order valence-electron chi connectivity index (χ4n) is 3.09. The second kappa shape index (κ2) is 14.3. The van der Waals surface area contributed by atoms with Crippen LogP contribution in [0, 0.1) is 0 Å². The van der Waals surface area contributed by atoms with Gasteiger partial charge in [-0.3, -0.25) is 4.99 Å². The van der Waals surface area contributed by atoms with Crippen LogP contribution in [-0.4, -0.2) is 81.9 Å². The van der Waals surface area contributed by atoms with E-state index in [1.54, 1.807) is 11.9 Å². The maximum Gasteiger partial charge on any atom is 0.409 e. The van der Waals surface area contributed by atoms with Crippen molar-refractivity contribution in [1.29, 1.82) is 0 Å². The molecule has 170 valence electrons. The topological polar surface area (TPSA) is 78.4 Å². The van der Waals surface area contributed by atoms with Crippen LogP contribution in [0.25, 0.3) is 0 Å². The van der Waals surface area contributed by atoms with Crippen molar-refractivity contribution >= 4 is 36.0 Å². The lowest BCUT2D eigenvalue weighted by Gasteiger charge is -2.32. The molecule has 1 aliphatic rings. The number of benzene rings is 1. The summed E-state index contributed by atoms with van der Waals surface area (Å²) in [4.78, 5) is 20.0. The molecule has 2 N–H and O–H groups in total. The highest BCUT2D eigenvalue weighted by molar-refractivity contribution is 14.0. The van der Waals surface area contributed by atoms with Gasteiger partial charge in [-0.2, -0.15) is 0 Å². The van der Waals surface area contributed by atoms with Crippen LogP contribution in [0.3, 0.4) is 0 Å². The molecule has 8 nitrogen and oxygen atoms in total. The van der Waals surface area contributed by atoms with Gasteiger partial charge in [-0.15, -0.1) is 24.0 Å². The van der Waals surface area contributed by atoms with E-state index in [0.29, 0.717) is 32.8 Å². The Balaban J connectivity index is 0.00000450. The quantitative estimate of drug-likeness (QED) is 0.304. The summed E-state index contributed by atoms with van der Waals surface area (Å²) in [6.07, 6.45) is 1.52. The van der Waals surface area contributed by atoms with Gasteiger partial charge in [0.05, 0.1) is 6.61 Å². The number of nitrogens with one attached hydrogen (secondary N) is 2. The fourth-order valence-corrected chi connectivity index (χ4v) is 3.09. The lowest BCUT2D eigenvalue weighted by Crippen LogP contribution is -2.49. The molecule has 0 aromatic heterocycles. The molecule has 0 aliphatic carbocycles. The molecule has 2 rings (SSSR count). The number of aliphatic imine (C=N–C) groups is 1. The van der Waals surface area contributed by atoms with E-state index in [1.165, 1.54) is 0 Å². The second-order valence-electron chi connectivity index (χ2n) is 7.33. The van der Waals surface area contributed by atoms with Crippen LogP contribution in [0.15, 0.2) is 29.3 Å². The molecule has 9 heteroatoms. The molecule has 0 bridgehead atoms. The molecule has 0 atom stereocenters. The number of nitrogens with zero attached hydrogens (tertiary/aromatic N) is 3. The second-order valence-corrected chi connectivity index (χ2v) is 7.33. The van der Waals surface area contributed by atoms with E-state index in [4.69, 9.17) is 9.47 Å². The molecule has 0 unspecified atom stereocenters. The number of likely N-dealkylation sites (N-methyl/N-ethyl adjacent to an activating group) is 1. The predicted octanol–water partition coefficient (Wildman–Crippen LogP) is 2.53. The Bertz CT molecular complexity index is 664. The first-order valence-corrected chi connectivity index (χ1v) is 10.3. The van der Waals surface area contributed by atoms with Crippen molar-refractivity contribution < 1.29 is 14.3 Å². The number of halogens is 1. The van der Waals surface area contributed by atoms with Crippen LogP contribution >= 0.6 is 24.0 Å². The van der Waals surface area contributed by atoms with Crippen molar-refractivity contribution in [3.05, 3.63) is 29.8 Å². The van der Waals surface area contributed by atoms with Crippen LogP contribution in [-0.2, 0) is 11.3 Å². The zero-order chi connectivity index (χ0) is 21.1. The molecule has 1 aromatic rings. The molecule has 0 spiro atoms. The zero-order valence-electron chi connectivity index (χ0n) is 18.5. The summed E-state index contributed by atoms with van der Waals surface area (Å²) >= 11 is 0. The molecule has 1 aromatic carbocycles. The third-order valence-corrected chi connectivity index (χ3v) is 4.75. The molecular weight excluding hydrogens is 497 g/mol.